The molecule has 0 atom stereocenters. The molecule has 0 saturated carbocycles. The number of benzene rings is 2. The number of hydrogen-bond donors (Lipinski definition) is 5. The summed E-state index contributed by atoms with van der Waals surface area (Å²) >= 11 is 0. The van der Waals surface area contributed by atoms with E-state index in [1.54, 1.807) is 12.6 Å². The Bertz CT molecular complexity index is 1230. The molecular formula is C28H37N7O4. The summed E-state index contributed by atoms with van der Waals surface area (Å²) in [5, 5.41) is 19.1. The third kappa shape index (κ3) is 8.52. The molecule has 0 aliphatic carbocycles. The average Bonchev–Trinajstić information content (AvgIpc) is 2.96. The van der Waals surface area contributed by atoms with E-state index >= 15 is 0 Å². The molecule has 1 aliphatic heterocycles. The number of hydrogen-bond acceptors (Lipinski definition) is 9. The van der Waals surface area contributed by atoms with Crippen molar-refractivity contribution in [2.24, 2.45) is 0 Å². The van der Waals surface area contributed by atoms with Crippen molar-refractivity contribution < 1.29 is 19.5 Å². The van der Waals surface area contributed by atoms with Crippen molar-refractivity contribution in [2.45, 2.75) is 44.7 Å². The van der Waals surface area contributed by atoms with Crippen LogP contribution in [0.5, 0.6) is 5.75 Å². The fraction of sp³-hybridized carbons (Fsp3) is 0.429. The molecule has 0 spiro atoms. The molecule has 5 N–H and O–H groups in total. The zero-order valence-corrected chi connectivity index (χ0v) is 22.3. The summed E-state index contributed by atoms with van der Waals surface area (Å²) in [4.78, 5) is 34.9. The first-order valence-corrected chi connectivity index (χ1v) is 13.4. The van der Waals surface area contributed by atoms with Crippen LogP contribution in [0, 0.1) is 0 Å². The molecule has 1 fully saturated rings. The minimum Gasteiger partial charge on any atom is -0.497 e. The fourth-order valence-electron chi connectivity index (χ4n) is 4.63. The highest BCUT2D eigenvalue weighted by atomic mass is 16.5. The van der Waals surface area contributed by atoms with Crippen LogP contribution in [0.3, 0.4) is 0 Å². The topological polar surface area (TPSA) is 141 Å². The third-order valence-corrected chi connectivity index (χ3v) is 6.74. The van der Waals surface area contributed by atoms with Gasteiger partial charge in [-0.25, -0.2) is 10.5 Å². The summed E-state index contributed by atoms with van der Waals surface area (Å²) in [7, 11) is 1.63. The molecule has 1 saturated heterocycles. The van der Waals surface area contributed by atoms with Crippen LogP contribution < -0.4 is 26.2 Å². The first-order chi connectivity index (χ1) is 19.0. The van der Waals surface area contributed by atoms with Gasteiger partial charge in [0.05, 0.1) is 12.6 Å². The number of piperidine rings is 1. The summed E-state index contributed by atoms with van der Waals surface area (Å²) < 4.78 is 5.40. The lowest BCUT2D eigenvalue weighted by Crippen LogP contribution is -2.38. The van der Waals surface area contributed by atoms with Gasteiger partial charge in [-0.1, -0.05) is 30.3 Å². The number of rotatable bonds is 13. The highest BCUT2D eigenvalue weighted by Crippen LogP contribution is 2.28. The summed E-state index contributed by atoms with van der Waals surface area (Å²) in [5.74, 6) is 1.30. The number of likely N-dealkylation sites (tertiary alicyclic amines) is 1. The Kier molecular flexibility index (Phi) is 10.3. The van der Waals surface area contributed by atoms with Crippen molar-refractivity contribution >= 4 is 34.5 Å². The zero-order chi connectivity index (χ0) is 27.5. The van der Waals surface area contributed by atoms with Crippen LogP contribution in [0.2, 0.25) is 0 Å². The number of amides is 2. The predicted octanol–water partition coefficient (Wildman–Crippen LogP) is 2.92. The maximum absolute atomic E-state index is 12.0. The number of hydroxylamine groups is 1. The maximum atomic E-state index is 12.0. The molecule has 0 unspecified atom stereocenters. The van der Waals surface area contributed by atoms with Gasteiger partial charge in [-0.05, 0) is 37.0 Å². The van der Waals surface area contributed by atoms with E-state index in [2.05, 4.69) is 50.1 Å². The van der Waals surface area contributed by atoms with E-state index in [9.17, 15) is 9.59 Å². The molecule has 2 aromatic carbocycles. The van der Waals surface area contributed by atoms with Crippen LogP contribution in [-0.4, -0.2) is 71.2 Å². The van der Waals surface area contributed by atoms with Crippen molar-refractivity contribution in [1.82, 2.24) is 25.7 Å². The van der Waals surface area contributed by atoms with Gasteiger partial charge in [-0.15, -0.1) is 0 Å². The lowest BCUT2D eigenvalue weighted by molar-refractivity contribution is -0.129. The van der Waals surface area contributed by atoms with Crippen molar-refractivity contribution in [2.75, 3.05) is 43.9 Å². The lowest BCUT2D eigenvalue weighted by Gasteiger charge is -2.32. The predicted molar refractivity (Wildman–Crippen MR) is 150 cm³/mol. The van der Waals surface area contributed by atoms with Crippen LogP contribution >= 0.6 is 0 Å². The SMILES string of the molecule is COc1ccc2c(NC3CCN(Cc4ccccc4)CC3)nc(NCCNC(=O)CCCC(=O)NO)nc2c1. The number of methoxy groups -OCH3 is 1. The number of carbonyl (C=O) groups is 2. The molecule has 1 aromatic heterocycles. The molecule has 0 radical (unpaired) electrons. The summed E-state index contributed by atoms with van der Waals surface area (Å²) in [5.41, 5.74) is 3.66. The zero-order valence-electron chi connectivity index (χ0n) is 22.3. The van der Waals surface area contributed by atoms with Gasteiger partial charge >= 0.3 is 0 Å². The minimum atomic E-state index is -0.503. The standard InChI is InChI=1S/C28H37N7O4/c1-39-22-10-11-23-24(18-22)32-28(30-15-14-29-25(36)8-5-9-26(37)34-38)33-27(23)31-21-12-16-35(17-13-21)19-20-6-3-2-4-7-20/h2-4,6-7,10-11,18,21,38H,5,8-9,12-17,19H2,1H3,(H,29,36)(H,34,37)(H2,30,31,32,33). The van der Waals surface area contributed by atoms with E-state index < -0.39 is 5.91 Å². The Balaban J connectivity index is 1.33. The van der Waals surface area contributed by atoms with E-state index in [0.717, 1.165) is 54.9 Å². The smallest absolute Gasteiger partial charge is 0.243 e. The van der Waals surface area contributed by atoms with Crippen LogP contribution in [0.1, 0.15) is 37.7 Å². The Morgan fingerprint density at radius 1 is 1.03 bits per heavy atom. The Morgan fingerprint density at radius 2 is 1.79 bits per heavy atom. The summed E-state index contributed by atoms with van der Waals surface area (Å²) in [6.45, 7) is 3.81. The molecule has 0 bridgehead atoms. The third-order valence-electron chi connectivity index (χ3n) is 6.74. The molecule has 11 nitrogen and oxygen atoms in total. The quantitative estimate of drug-likeness (QED) is 0.127. The molecule has 3 aromatic rings. The van der Waals surface area contributed by atoms with Crippen LogP contribution in [-0.2, 0) is 16.1 Å². The number of ether oxygens (including phenoxy) is 1. The van der Waals surface area contributed by atoms with E-state index in [1.807, 2.05) is 24.3 Å². The second-order valence-electron chi connectivity index (χ2n) is 9.62. The molecule has 11 heteroatoms. The van der Waals surface area contributed by atoms with Crippen LogP contribution in [0.15, 0.2) is 48.5 Å². The molecule has 4 rings (SSSR count). The van der Waals surface area contributed by atoms with Gasteiger partial charge in [0.25, 0.3) is 0 Å². The van der Waals surface area contributed by atoms with Crippen molar-refractivity contribution in [1.29, 1.82) is 0 Å². The average molecular weight is 536 g/mol. The van der Waals surface area contributed by atoms with Gasteiger partial charge in [0.15, 0.2) is 0 Å². The van der Waals surface area contributed by atoms with E-state index in [0.29, 0.717) is 31.5 Å². The van der Waals surface area contributed by atoms with Crippen LogP contribution in [0.4, 0.5) is 11.8 Å². The van der Waals surface area contributed by atoms with Gasteiger partial charge < -0.3 is 20.7 Å². The van der Waals surface area contributed by atoms with Crippen LogP contribution in [0.25, 0.3) is 10.9 Å². The number of carbonyl (C=O) groups excluding carboxylic acids is 2. The second-order valence-corrected chi connectivity index (χ2v) is 9.62. The number of nitrogens with one attached hydrogen (secondary N) is 4. The van der Waals surface area contributed by atoms with E-state index in [-0.39, 0.29) is 18.7 Å². The second kappa shape index (κ2) is 14.3. The molecular weight excluding hydrogens is 498 g/mol. The van der Waals surface area contributed by atoms with E-state index in [4.69, 9.17) is 14.9 Å². The Morgan fingerprint density at radius 3 is 2.54 bits per heavy atom. The van der Waals surface area contributed by atoms with Crippen molar-refractivity contribution in [3.05, 3.63) is 54.1 Å². The van der Waals surface area contributed by atoms with Gasteiger partial charge in [0.1, 0.15) is 11.6 Å². The van der Waals surface area contributed by atoms with Gasteiger partial charge in [0.2, 0.25) is 17.8 Å². The van der Waals surface area contributed by atoms with E-state index in [1.165, 1.54) is 5.56 Å². The van der Waals surface area contributed by atoms with Crippen molar-refractivity contribution in [3.63, 3.8) is 0 Å². The first kappa shape index (κ1) is 28.1. The highest BCUT2D eigenvalue weighted by molar-refractivity contribution is 5.91. The maximum Gasteiger partial charge on any atom is 0.243 e. The largest absolute Gasteiger partial charge is 0.497 e. The number of nitrogens with zero attached hydrogens (tertiary/aromatic N) is 3. The molecule has 2 heterocycles. The summed E-state index contributed by atoms with van der Waals surface area (Å²) in [6.07, 6.45) is 2.70. The minimum absolute atomic E-state index is 0.0956. The normalized spacial score (nSPS) is 14.1. The molecule has 1 aliphatic rings. The van der Waals surface area contributed by atoms with Gasteiger partial charge in [-0.2, -0.15) is 4.98 Å². The lowest BCUT2D eigenvalue weighted by atomic mass is 10.0. The number of aromatic nitrogens is 2. The number of fused-ring (bicyclic) bond motifs is 1. The first-order valence-electron chi connectivity index (χ1n) is 13.4. The van der Waals surface area contributed by atoms with Gasteiger partial charge in [0, 0.05) is 63.1 Å². The fourth-order valence-corrected chi connectivity index (χ4v) is 4.63. The highest BCUT2D eigenvalue weighted by Gasteiger charge is 2.21. The Labute approximate surface area is 228 Å². The van der Waals surface area contributed by atoms with Crippen molar-refractivity contribution in [3.8, 4) is 5.75 Å². The molecule has 2 amide bonds. The summed E-state index contributed by atoms with van der Waals surface area (Å²) in [6, 6.07) is 16.6. The molecule has 208 valence electrons. The Hall–Kier alpha value is -3.96. The monoisotopic (exact) mass is 535 g/mol. The van der Waals surface area contributed by atoms with Gasteiger partial charge in [-0.3, -0.25) is 19.7 Å². The molecule has 39 heavy (non-hydrogen) atoms. The number of anilines is 2.